The lowest BCUT2D eigenvalue weighted by Gasteiger charge is -2.01. The van der Waals surface area contributed by atoms with Gasteiger partial charge in [0.25, 0.3) is 5.89 Å². The average molecular weight is 205 g/mol. The number of nitrogens with one attached hydrogen (secondary N) is 2. The summed E-state index contributed by atoms with van der Waals surface area (Å²) in [4.78, 5) is 4.32. The van der Waals surface area contributed by atoms with Crippen LogP contribution in [0.3, 0.4) is 0 Å². The first kappa shape index (κ1) is 8.60. The highest BCUT2D eigenvalue weighted by Crippen LogP contribution is 2.22. The molecule has 1 aliphatic heterocycles. The quantitative estimate of drug-likeness (QED) is 0.760. The Morgan fingerprint density at radius 2 is 2.47 bits per heavy atom. The zero-order valence-corrected chi connectivity index (χ0v) is 8.10. The van der Waals surface area contributed by atoms with E-state index in [1.54, 1.807) is 12.3 Å². The Hall–Kier alpha value is -1.69. The average Bonchev–Trinajstić information content (AvgIpc) is 3.02. The lowest BCUT2D eigenvalue weighted by Crippen LogP contribution is -2.14. The zero-order valence-electron chi connectivity index (χ0n) is 8.10. The molecule has 2 aromatic rings. The molecule has 0 aliphatic carbocycles. The van der Waals surface area contributed by atoms with E-state index in [2.05, 4.69) is 25.7 Å². The van der Waals surface area contributed by atoms with Crippen molar-refractivity contribution < 1.29 is 4.52 Å². The highest BCUT2D eigenvalue weighted by atomic mass is 16.5. The second kappa shape index (κ2) is 3.47. The molecule has 0 bridgehead atoms. The summed E-state index contributed by atoms with van der Waals surface area (Å²) in [5.74, 6) is 1.23. The van der Waals surface area contributed by atoms with Crippen LogP contribution in [-0.4, -0.2) is 26.9 Å². The molecule has 2 N–H and O–H groups in total. The summed E-state index contributed by atoms with van der Waals surface area (Å²) < 4.78 is 5.15. The molecule has 1 saturated heterocycles. The lowest BCUT2D eigenvalue weighted by molar-refractivity contribution is 0.411. The van der Waals surface area contributed by atoms with Gasteiger partial charge in [-0.15, -0.1) is 0 Å². The van der Waals surface area contributed by atoms with Crippen LogP contribution < -0.4 is 5.32 Å². The van der Waals surface area contributed by atoms with Gasteiger partial charge in [-0.3, -0.25) is 5.10 Å². The highest BCUT2D eigenvalue weighted by Gasteiger charge is 2.22. The van der Waals surface area contributed by atoms with Gasteiger partial charge in [0.2, 0.25) is 0 Å². The van der Waals surface area contributed by atoms with E-state index < -0.39 is 0 Å². The first-order valence-corrected chi connectivity index (χ1v) is 5.00. The number of aromatic amines is 1. The summed E-state index contributed by atoms with van der Waals surface area (Å²) in [5.41, 5.74) is 0.756. The third kappa shape index (κ3) is 1.52. The molecule has 3 rings (SSSR count). The molecular formula is C9H11N5O. The van der Waals surface area contributed by atoms with Crippen LogP contribution in [0.25, 0.3) is 11.6 Å². The fourth-order valence-corrected chi connectivity index (χ4v) is 1.77. The van der Waals surface area contributed by atoms with Crippen LogP contribution in [-0.2, 0) is 0 Å². The summed E-state index contributed by atoms with van der Waals surface area (Å²) >= 11 is 0. The summed E-state index contributed by atoms with van der Waals surface area (Å²) in [6.45, 7) is 1.03. The Bertz CT molecular complexity index is 429. The van der Waals surface area contributed by atoms with E-state index in [0.29, 0.717) is 5.89 Å². The minimum Gasteiger partial charge on any atom is -0.332 e. The van der Waals surface area contributed by atoms with E-state index in [-0.39, 0.29) is 6.04 Å². The van der Waals surface area contributed by atoms with Crippen LogP contribution in [0, 0.1) is 0 Å². The number of hydrogen-bond acceptors (Lipinski definition) is 5. The van der Waals surface area contributed by atoms with Crippen LogP contribution in [0.4, 0.5) is 0 Å². The Balaban J connectivity index is 1.87. The number of hydrogen-bond donors (Lipinski definition) is 2. The van der Waals surface area contributed by atoms with E-state index >= 15 is 0 Å². The second-order valence-electron chi connectivity index (χ2n) is 3.58. The number of aromatic nitrogens is 4. The normalized spacial score (nSPS) is 20.9. The van der Waals surface area contributed by atoms with Gasteiger partial charge in [0.1, 0.15) is 5.69 Å². The smallest absolute Gasteiger partial charge is 0.275 e. The first-order chi connectivity index (χ1) is 7.43. The van der Waals surface area contributed by atoms with Gasteiger partial charge in [-0.25, -0.2) is 0 Å². The topological polar surface area (TPSA) is 79.6 Å². The van der Waals surface area contributed by atoms with Gasteiger partial charge in [0.05, 0.1) is 6.04 Å². The fourth-order valence-electron chi connectivity index (χ4n) is 1.77. The molecule has 0 amide bonds. The maximum absolute atomic E-state index is 5.15. The van der Waals surface area contributed by atoms with Crippen molar-refractivity contribution in [2.24, 2.45) is 0 Å². The summed E-state index contributed by atoms with van der Waals surface area (Å²) in [6, 6.07) is 2.05. The number of nitrogens with zero attached hydrogens (tertiary/aromatic N) is 3. The molecule has 1 aliphatic rings. The van der Waals surface area contributed by atoms with E-state index in [0.717, 1.165) is 24.5 Å². The molecule has 1 fully saturated rings. The van der Waals surface area contributed by atoms with Crippen molar-refractivity contribution in [2.75, 3.05) is 6.54 Å². The number of rotatable bonds is 2. The maximum Gasteiger partial charge on any atom is 0.275 e. The predicted molar refractivity (Wildman–Crippen MR) is 51.9 cm³/mol. The molecule has 6 nitrogen and oxygen atoms in total. The third-order valence-electron chi connectivity index (χ3n) is 2.54. The van der Waals surface area contributed by atoms with Crippen LogP contribution >= 0.6 is 0 Å². The highest BCUT2D eigenvalue weighted by molar-refractivity contribution is 5.44. The predicted octanol–water partition coefficient (Wildman–Crippen LogP) is 0.884. The van der Waals surface area contributed by atoms with E-state index in [4.69, 9.17) is 4.52 Å². The Kier molecular flexibility index (Phi) is 1.99. The van der Waals surface area contributed by atoms with Gasteiger partial charge in [-0.1, -0.05) is 5.16 Å². The van der Waals surface area contributed by atoms with Crippen molar-refractivity contribution >= 4 is 0 Å². The molecule has 0 aromatic carbocycles. The molecule has 78 valence electrons. The van der Waals surface area contributed by atoms with Gasteiger partial charge >= 0.3 is 0 Å². The minimum atomic E-state index is 0.241. The van der Waals surface area contributed by atoms with Gasteiger partial charge in [-0.2, -0.15) is 10.1 Å². The van der Waals surface area contributed by atoms with E-state index in [1.165, 1.54) is 6.42 Å². The molecule has 2 aromatic heterocycles. The lowest BCUT2D eigenvalue weighted by atomic mass is 10.2. The van der Waals surface area contributed by atoms with Gasteiger partial charge in [0, 0.05) is 6.20 Å². The number of H-pyrrole nitrogens is 1. The minimum absolute atomic E-state index is 0.241. The second-order valence-corrected chi connectivity index (χ2v) is 3.58. The Morgan fingerprint density at radius 3 is 3.20 bits per heavy atom. The fraction of sp³-hybridized carbons (Fsp3) is 0.444. The summed E-state index contributed by atoms with van der Waals surface area (Å²) in [5, 5.41) is 13.9. The summed E-state index contributed by atoms with van der Waals surface area (Å²) in [6.07, 6.45) is 3.90. The van der Waals surface area contributed by atoms with Gasteiger partial charge < -0.3 is 9.84 Å². The largest absolute Gasteiger partial charge is 0.332 e. The Labute approximate surface area is 86.1 Å². The van der Waals surface area contributed by atoms with Crippen LogP contribution in [0.2, 0.25) is 0 Å². The van der Waals surface area contributed by atoms with E-state index in [1.807, 2.05) is 0 Å². The SMILES string of the molecule is c1cc(-c2nc([C@H]3CCCN3)no2)[nH]n1. The molecule has 1 atom stereocenters. The van der Waals surface area contributed by atoms with Crippen molar-refractivity contribution in [3.05, 3.63) is 18.1 Å². The van der Waals surface area contributed by atoms with Crippen LogP contribution in [0.1, 0.15) is 24.7 Å². The van der Waals surface area contributed by atoms with Crippen molar-refractivity contribution in [3.63, 3.8) is 0 Å². The molecule has 0 spiro atoms. The van der Waals surface area contributed by atoms with E-state index in [9.17, 15) is 0 Å². The molecule has 3 heterocycles. The van der Waals surface area contributed by atoms with Crippen molar-refractivity contribution in [1.29, 1.82) is 0 Å². The molecule has 0 radical (unpaired) electrons. The van der Waals surface area contributed by atoms with Crippen LogP contribution in [0.5, 0.6) is 0 Å². The van der Waals surface area contributed by atoms with Crippen molar-refractivity contribution in [1.82, 2.24) is 25.7 Å². The van der Waals surface area contributed by atoms with Gasteiger partial charge in [0.15, 0.2) is 5.82 Å². The standard InChI is InChI=1S/C9H11N5O/c1-2-6(10-4-1)8-12-9(15-14-8)7-3-5-11-13-7/h3,5-6,10H,1-2,4H2,(H,11,13)/t6-/m1/s1. The Morgan fingerprint density at radius 1 is 1.47 bits per heavy atom. The van der Waals surface area contributed by atoms with Crippen molar-refractivity contribution in [3.8, 4) is 11.6 Å². The molecule has 0 saturated carbocycles. The zero-order chi connectivity index (χ0) is 10.1. The molecule has 6 heteroatoms. The van der Waals surface area contributed by atoms with Crippen LogP contribution in [0.15, 0.2) is 16.8 Å². The summed E-state index contributed by atoms with van der Waals surface area (Å²) in [7, 11) is 0. The monoisotopic (exact) mass is 205 g/mol. The first-order valence-electron chi connectivity index (χ1n) is 5.00. The molecule has 15 heavy (non-hydrogen) atoms. The molecular weight excluding hydrogens is 194 g/mol. The maximum atomic E-state index is 5.15. The van der Waals surface area contributed by atoms with Crippen molar-refractivity contribution in [2.45, 2.75) is 18.9 Å². The molecule has 0 unspecified atom stereocenters. The third-order valence-corrected chi connectivity index (χ3v) is 2.54. The van der Waals surface area contributed by atoms with Gasteiger partial charge in [-0.05, 0) is 25.5 Å².